The number of thiophene rings is 1. The van der Waals surface area contributed by atoms with Crippen molar-refractivity contribution in [2.45, 2.75) is 57.2 Å². The molecule has 0 bridgehead atoms. The Balaban J connectivity index is 1.74. The number of hydrogen-bond donors (Lipinski definition) is 1. The molecule has 3 aromatic rings. The van der Waals surface area contributed by atoms with Crippen LogP contribution in [0.2, 0.25) is 0 Å². The van der Waals surface area contributed by atoms with Gasteiger partial charge in [0.2, 0.25) is 11.8 Å². The highest BCUT2D eigenvalue weighted by molar-refractivity contribution is 8.00. The Bertz CT molecular complexity index is 1220. The predicted octanol–water partition coefficient (Wildman–Crippen LogP) is 4.99. The third kappa shape index (κ3) is 4.53. The maximum Gasteiger partial charge on any atom is 0.240 e. The normalized spacial score (nSPS) is 18.5. The highest BCUT2D eigenvalue weighted by Gasteiger charge is 2.40. The number of rotatable bonds is 5. The van der Waals surface area contributed by atoms with Crippen LogP contribution in [0.1, 0.15) is 60.6 Å². The number of nitrogens with one attached hydrogen (secondary N) is 1. The minimum atomic E-state index is -0.245. The topological polar surface area (TPSA) is 67.2 Å². The summed E-state index contributed by atoms with van der Waals surface area (Å²) < 4.78 is 1.89. The Morgan fingerprint density at radius 2 is 2.00 bits per heavy atom. The number of thioether (sulfide) groups is 1. The van der Waals surface area contributed by atoms with E-state index in [1.165, 1.54) is 4.88 Å². The number of nitrogens with zero attached hydrogens (tertiary/aromatic N) is 3. The van der Waals surface area contributed by atoms with Crippen molar-refractivity contribution in [1.82, 2.24) is 15.1 Å². The van der Waals surface area contributed by atoms with E-state index < -0.39 is 0 Å². The largest absolute Gasteiger partial charge is 0.352 e. The SMILES string of the molecule is Cc1cccc(-n2nc(C(C)(C)C)c3c2N(CC(=O)NC2CC2)C(=O)CS[C@H]3c2cccs2)c1. The first kappa shape index (κ1) is 23.2. The lowest BCUT2D eigenvalue weighted by atomic mass is 9.88. The van der Waals surface area contributed by atoms with Crippen LogP contribution in [-0.2, 0) is 15.0 Å². The van der Waals surface area contributed by atoms with E-state index in [2.05, 4.69) is 49.7 Å². The van der Waals surface area contributed by atoms with E-state index >= 15 is 0 Å². The Morgan fingerprint density at radius 3 is 2.65 bits per heavy atom. The third-order valence-electron chi connectivity index (χ3n) is 6.09. The molecule has 1 fully saturated rings. The van der Waals surface area contributed by atoms with Crippen LogP contribution in [0.15, 0.2) is 41.8 Å². The molecule has 2 amide bonds. The van der Waals surface area contributed by atoms with Gasteiger partial charge in [0, 0.05) is 21.9 Å². The number of carbonyl (C=O) groups excluding carboxylic acids is 2. The Kier molecular flexibility index (Phi) is 6.06. The van der Waals surface area contributed by atoms with Crippen molar-refractivity contribution in [2.75, 3.05) is 17.2 Å². The summed E-state index contributed by atoms with van der Waals surface area (Å²) in [6.07, 6.45) is 2.02. The Labute approximate surface area is 208 Å². The van der Waals surface area contributed by atoms with Crippen molar-refractivity contribution < 1.29 is 9.59 Å². The molecule has 178 valence electrons. The van der Waals surface area contributed by atoms with E-state index in [4.69, 9.17) is 5.10 Å². The van der Waals surface area contributed by atoms with Gasteiger partial charge >= 0.3 is 0 Å². The van der Waals surface area contributed by atoms with Gasteiger partial charge in [-0.3, -0.25) is 14.5 Å². The quantitative estimate of drug-likeness (QED) is 0.543. The average molecular weight is 495 g/mol. The fraction of sp³-hybridized carbons (Fsp3) is 0.423. The monoisotopic (exact) mass is 494 g/mol. The van der Waals surface area contributed by atoms with Crippen LogP contribution in [0.25, 0.3) is 5.69 Å². The number of carbonyl (C=O) groups is 2. The van der Waals surface area contributed by atoms with Gasteiger partial charge in [-0.2, -0.15) is 5.10 Å². The van der Waals surface area contributed by atoms with Crippen molar-refractivity contribution in [2.24, 2.45) is 0 Å². The first-order chi connectivity index (χ1) is 16.2. The molecule has 1 N–H and O–H groups in total. The molecule has 2 aromatic heterocycles. The van der Waals surface area contributed by atoms with Gasteiger partial charge in [0.15, 0.2) is 0 Å². The summed E-state index contributed by atoms with van der Waals surface area (Å²) >= 11 is 3.32. The molecule has 1 aliphatic heterocycles. The van der Waals surface area contributed by atoms with Gasteiger partial charge in [-0.25, -0.2) is 4.68 Å². The molecule has 1 saturated carbocycles. The lowest BCUT2D eigenvalue weighted by Crippen LogP contribution is -2.43. The minimum Gasteiger partial charge on any atom is -0.352 e. The molecular formula is C26H30N4O2S2. The molecule has 1 aliphatic carbocycles. The van der Waals surface area contributed by atoms with Crippen LogP contribution >= 0.6 is 23.1 Å². The molecule has 6 nitrogen and oxygen atoms in total. The molecule has 0 unspecified atom stereocenters. The van der Waals surface area contributed by atoms with Crippen LogP contribution in [0.5, 0.6) is 0 Å². The van der Waals surface area contributed by atoms with Crippen molar-refractivity contribution >= 4 is 40.7 Å². The number of aromatic nitrogens is 2. The summed E-state index contributed by atoms with van der Waals surface area (Å²) in [7, 11) is 0. The van der Waals surface area contributed by atoms with Gasteiger partial charge < -0.3 is 5.32 Å². The summed E-state index contributed by atoms with van der Waals surface area (Å²) in [5.74, 6) is 0.849. The molecule has 0 radical (unpaired) electrons. The molecule has 34 heavy (non-hydrogen) atoms. The molecule has 1 aromatic carbocycles. The predicted molar refractivity (Wildman–Crippen MR) is 139 cm³/mol. The van der Waals surface area contributed by atoms with Gasteiger partial charge in [0.05, 0.1) is 22.4 Å². The number of anilines is 1. The van der Waals surface area contributed by atoms with Crippen LogP contribution < -0.4 is 10.2 Å². The molecule has 3 heterocycles. The number of amides is 2. The second-order valence-corrected chi connectivity index (χ2v) is 12.2. The van der Waals surface area contributed by atoms with Gasteiger partial charge in [-0.1, -0.05) is 39.0 Å². The fourth-order valence-corrected chi connectivity index (χ4v) is 6.50. The maximum atomic E-state index is 13.5. The highest BCUT2D eigenvalue weighted by atomic mass is 32.2. The molecule has 1 atom stereocenters. The van der Waals surface area contributed by atoms with E-state index in [0.29, 0.717) is 5.75 Å². The van der Waals surface area contributed by atoms with E-state index in [1.807, 2.05) is 29.8 Å². The average Bonchev–Trinajstić information content (AvgIpc) is 3.29. The van der Waals surface area contributed by atoms with Gasteiger partial charge in [-0.05, 0) is 48.9 Å². The third-order valence-corrected chi connectivity index (χ3v) is 8.41. The number of benzene rings is 1. The van der Waals surface area contributed by atoms with Crippen molar-refractivity contribution in [3.63, 3.8) is 0 Å². The maximum absolute atomic E-state index is 13.5. The number of fused-ring (bicyclic) bond motifs is 1. The highest BCUT2D eigenvalue weighted by Crippen LogP contribution is 2.49. The van der Waals surface area contributed by atoms with E-state index in [-0.39, 0.29) is 35.1 Å². The first-order valence-corrected chi connectivity index (χ1v) is 13.6. The number of aryl methyl sites for hydroxylation is 1. The van der Waals surface area contributed by atoms with Gasteiger partial charge in [0.25, 0.3) is 0 Å². The summed E-state index contributed by atoms with van der Waals surface area (Å²) in [6.45, 7) is 8.52. The lowest BCUT2D eigenvalue weighted by Gasteiger charge is -2.24. The molecule has 2 aliphatic rings. The second kappa shape index (κ2) is 8.89. The molecule has 0 spiro atoms. The van der Waals surface area contributed by atoms with Crippen molar-refractivity contribution in [1.29, 1.82) is 0 Å². The number of hydrogen-bond acceptors (Lipinski definition) is 5. The van der Waals surface area contributed by atoms with Gasteiger partial charge in [0.1, 0.15) is 12.4 Å². The summed E-state index contributed by atoms with van der Waals surface area (Å²) in [5.41, 5.74) is 3.75. The molecule has 8 heteroatoms. The van der Waals surface area contributed by atoms with Gasteiger partial charge in [-0.15, -0.1) is 23.1 Å². The zero-order valence-corrected chi connectivity index (χ0v) is 21.6. The van der Waals surface area contributed by atoms with E-state index in [0.717, 1.165) is 41.2 Å². The summed E-state index contributed by atoms with van der Waals surface area (Å²) in [6, 6.07) is 12.6. The molecule has 5 rings (SSSR count). The van der Waals surface area contributed by atoms with Crippen LogP contribution in [-0.4, -0.2) is 39.9 Å². The van der Waals surface area contributed by atoms with Crippen LogP contribution in [0, 0.1) is 6.92 Å². The second-order valence-electron chi connectivity index (χ2n) is 10.1. The smallest absolute Gasteiger partial charge is 0.240 e. The molecule has 0 saturated heterocycles. The molecular weight excluding hydrogens is 464 g/mol. The lowest BCUT2D eigenvalue weighted by molar-refractivity contribution is -0.123. The minimum absolute atomic E-state index is 0.00114. The van der Waals surface area contributed by atoms with Crippen molar-refractivity contribution in [3.8, 4) is 5.69 Å². The van der Waals surface area contributed by atoms with Crippen LogP contribution in [0.3, 0.4) is 0 Å². The standard InChI is InChI=1S/C26H30N4O2S2/c1-16-7-5-8-18(13-16)30-25-22(24(28-30)26(2,3)4)23(19-9-6-12-33-19)34-15-21(32)29(25)14-20(31)27-17-10-11-17/h5-9,12-13,17,23H,10-11,14-15H2,1-4H3,(H,27,31)/t23-/m0/s1. The summed E-state index contributed by atoms with van der Waals surface area (Å²) in [4.78, 5) is 29.3. The fourth-order valence-electron chi connectivity index (χ4n) is 4.32. The summed E-state index contributed by atoms with van der Waals surface area (Å²) in [5, 5.41) is 10.2. The zero-order valence-electron chi connectivity index (χ0n) is 20.0. The zero-order chi connectivity index (χ0) is 24.0. The van der Waals surface area contributed by atoms with E-state index in [9.17, 15) is 9.59 Å². The first-order valence-electron chi connectivity index (χ1n) is 11.7. The Morgan fingerprint density at radius 1 is 1.21 bits per heavy atom. The van der Waals surface area contributed by atoms with Crippen molar-refractivity contribution in [3.05, 3.63) is 63.5 Å². The Hall–Kier alpha value is -2.58. The van der Waals surface area contributed by atoms with E-state index in [1.54, 1.807) is 28.0 Å². The van der Waals surface area contributed by atoms with Crippen LogP contribution in [0.4, 0.5) is 5.82 Å².